The second-order valence-electron chi connectivity index (χ2n) is 13.4. The van der Waals surface area contributed by atoms with Crippen LogP contribution in [0, 0.1) is 0 Å². The highest BCUT2D eigenvalue weighted by molar-refractivity contribution is 5.71. The van der Waals surface area contributed by atoms with Gasteiger partial charge in [-0.15, -0.1) is 0 Å². The Morgan fingerprint density at radius 1 is 0.400 bits per heavy atom. The Morgan fingerprint density at radius 2 is 0.667 bits per heavy atom. The minimum absolute atomic E-state index is 0.127. The van der Waals surface area contributed by atoms with Gasteiger partial charge < -0.3 is 14.6 Å². The van der Waals surface area contributed by atoms with Gasteiger partial charge in [-0.05, 0) is 25.7 Å². The normalized spacial score (nSPS) is 11.3. The summed E-state index contributed by atoms with van der Waals surface area (Å²) in [6.45, 7) is 4.52. The first-order chi connectivity index (χ1) is 22.0. The van der Waals surface area contributed by atoms with Crippen LogP contribution in [0.25, 0.3) is 0 Å². The van der Waals surface area contributed by atoms with Crippen molar-refractivity contribution in [2.75, 3.05) is 0 Å². The van der Waals surface area contributed by atoms with Gasteiger partial charge in [0.2, 0.25) is 6.29 Å². The summed E-state index contributed by atoms with van der Waals surface area (Å²) in [5.74, 6) is -1.41. The van der Waals surface area contributed by atoms with Crippen molar-refractivity contribution in [1.82, 2.24) is 0 Å². The number of carboxylic acid groups (broad SMARTS) is 1. The molecule has 0 rings (SSSR count). The Hall–Kier alpha value is -1.59. The van der Waals surface area contributed by atoms with Gasteiger partial charge in [-0.3, -0.25) is 14.4 Å². The van der Waals surface area contributed by atoms with Gasteiger partial charge >= 0.3 is 17.9 Å². The Labute approximate surface area is 278 Å². The number of carbonyl (C=O) groups excluding carboxylic acids is 2. The quantitative estimate of drug-likeness (QED) is 0.0417. The van der Waals surface area contributed by atoms with Gasteiger partial charge in [0.05, 0.1) is 0 Å². The highest BCUT2D eigenvalue weighted by atomic mass is 16.7. The van der Waals surface area contributed by atoms with Crippen molar-refractivity contribution in [3.8, 4) is 0 Å². The van der Waals surface area contributed by atoms with E-state index in [2.05, 4.69) is 13.8 Å². The Balaban J connectivity index is 4.05. The van der Waals surface area contributed by atoms with Crippen LogP contribution < -0.4 is 0 Å². The maximum atomic E-state index is 12.5. The van der Waals surface area contributed by atoms with Crippen molar-refractivity contribution in [3.63, 3.8) is 0 Å². The third-order valence-corrected chi connectivity index (χ3v) is 8.83. The zero-order valence-corrected chi connectivity index (χ0v) is 29.9. The second-order valence-corrected chi connectivity index (χ2v) is 13.4. The van der Waals surface area contributed by atoms with Gasteiger partial charge in [-0.2, -0.15) is 0 Å². The maximum Gasteiger partial charge on any atom is 0.308 e. The van der Waals surface area contributed by atoms with Crippen LogP contribution in [0.5, 0.6) is 0 Å². The van der Waals surface area contributed by atoms with E-state index in [1.54, 1.807) is 0 Å². The molecule has 45 heavy (non-hydrogen) atoms. The lowest BCUT2D eigenvalue weighted by Crippen LogP contribution is -2.24. The van der Waals surface area contributed by atoms with Crippen LogP contribution >= 0.6 is 0 Å². The van der Waals surface area contributed by atoms with Crippen LogP contribution in [0.3, 0.4) is 0 Å². The van der Waals surface area contributed by atoms with E-state index in [-0.39, 0.29) is 18.4 Å². The van der Waals surface area contributed by atoms with Crippen molar-refractivity contribution in [2.24, 2.45) is 0 Å². The largest absolute Gasteiger partial charge is 0.481 e. The van der Waals surface area contributed by atoms with Crippen LogP contribution in [-0.4, -0.2) is 29.3 Å². The smallest absolute Gasteiger partial charge is 0.308 e. The fourth-order valence-corrected chi connectivity index (χ4v) is 5.89. The molecule has 1 N–H and O–H groups in total. The number of rotatable bonds is 36. The average Bonchev–Trinajstić information content (AvgIpc) is 3.01. The molecule has 0 saturated carbocycles. The lowest BCUT2D eigenvalue weighted by molar-refractivity contribution is -0.189. The van der Waals surface area contributed by atoms with E-state index < -0.39 is 12.3 Å². The van der Waals surface area contributed by atoms with E-state index in [9.17, 15) is 14.4 Å². The first-order valence-electron chi connectivity index (χ1n) is 19.6. The molecule has 266 valence electrons. The summed E-state index contributed by atoms with van der Waals surface area (Å²) in [5.41, 5.74) is 0. The molecule has 0 unspecified atom stereocenters. The fraction of sp³-hybridized carbons (Fsp3) is 0.923. The topological polar surface area (TPSA) is 89.9 Å². The molecule has 6 heteroatoms. The minimum Gasteiger partial charge on any atom is -0.481 e. The van der Waals surface area contributed by atoms with Crippen LogP contribution in [-0.2, 0) is 23.9 Å². The third kappa shape index (κ3) is 35.1. The SMILES string of the molecule is CCCCCCCCCCCCCCCC(=O)OC(CCCCCC(=O)O)OC(=O)CCCCCCCCCCCCCCC. The summed E-state index contributed by atoms with van der Waals surface area (Å²) in [6.07, 6.45) is 34.9. The lowest BCUT2D eigenvalue weighted by Gasteiger charge is -2.18. The van der Waals surface area contributed by atoms with Crippen LogP contribution in [0.4, 0.5) is 0 Å². The third-order valence-electron chi connectivity index (χ3n) is 8.83. The molecule has 0 fully saturated rings. The molecule has 0 amide bonds. The molecule has 0 aromatic carbocycles. The molecule has 0 aromatic rings. The predicted molar refractivity (Wildman–Crippen MR) is 187 cm³/mol. The zero-order valence-electron chi connectivity index (χ0n) is 29.9. The molecule has 0 radical (unpaired) electrons. The van der Waals surface area contributed by atoms with Gasteiger partial charge in [0.25, 0.3) is 0 Å². The molecule has 0 aliphatic heterocycles. The Kier molecular flexibility index (Phi) is 34.0. The molecule has 0 atom stereocenters. The molecular formula is C39H74O6. The highest BCUT2D eigenvalue weighted by Gasteiger charge is 2.19. The van der Waals surface area contributed by atoms with Crippen molar-refractivity contribution in [3.05, 3.63) is 0 Å². The lowest BCUT2D eigenvalue weighted by atomic mass is 10.0. The molecule has 0 spiro atoms. The summed E-state index contributed by atoms with van der Waals surface area (Å²) in [4.78, 5) is 35.8. The van der Waals surface area contributed by atoms with E-state index in [1.807, 2.05) is 0 Å². The van der Waals surface area contributed by atoms with Gasteiger partial charge in [0, 0.05) is 25.7 Å². The van der Waals surface area contributed by atoms with Crippen LogP contribution in [0.15, 0.2) is 0 Å². The summed E-state index contributed by atoms with van der Waals surface area (Å²) in [6, 6.07) is 0. The van der Waals surface area contributed by atoms with E-state index in [0.717, 1.165) is 38.5 Å². The van der Waals surface area contributed by atoms with E-state index in [1.165, 1.54) is 128 Å². The number of unbranched alkanes of at least 4 members (excludes halogenated alkanes) is 26. The van der Waals surface area contributed by atoms with Crippen LogP contribution in [0.1, 0.15) is 226 Å². The molecule has 0 bridgehead atoms. The molecule has 0 aliphatic rings. The standard InChI is InChI=1S/C39H74O6/c1-3-5-7-9-11-13-15-17-19-21-23-25-29-33-37(42)44-39(35-31-27-28-32-36(40)41)45-38(43)34-30-26-24-22-20-18-16-14-12-10-8-6-4-2/h39H,3-35H2,1-2H3,(H,40,41). The van der Waals surface area contributed by atoms with Gasteiger partial charge in [0.1, 0.15) is 0 Å². The van der Waals surface area contributed by atoms with Crippen molar-refractivity contribution in [2.45, 2.75) is 232 Å². The number of hydrogen-bond acceptors (Lipinski definition) is 5. The molecule has 0 heterocycles. The van der Waals surface area contributed by atoms with Crippen molar-refractivity contribution in [1.29, 1.82) is 0 Å². The monoisotopic (exact) mass is 639 g/mol. The number of aliphatic carboxylic acids is 1. The Bertz CT molecular complexity index is 620. The number of carboxylic acids is 1. The van der Waals surface area contributed by atoms with E-state index >= 15 is 0 Å². The molecule has 0 saturated heterocycles. The number of hydrogen-bond donors (Lipinski definition) is 1. The summed E-state index contributed by atoms with van der Waals surface area (Å²) in [5, 5.41) is 8.86. The van der Waals surface area contributed by atoms with Gasteiger partial charge in [-0.1, -0.05) is 174 Å². The number of carbonyl (C=O) groups is 3. The minimum atomic E-state index is -0.862. The van der Waals surface area contributed by atoms with Crippen molar-refractivity contribution >= 4 is 17.9 Å². The summed E-state index contributed by atoms with van der Waals surface area (Å²) in [7, 11) is 0. The van der Waals surface area contributed by atoms with E-state index in [4.69, 9.17) is 14.6 Å². The summed E-state index contributed by atoms with van der Waals surface area (Å²) < 4.78 is 11.2. The Morgan fingerprint density at radius 3 is 0.978 bits per heavy atom. The van der Waals surface area contributed by atoms with Crippen LogP contribution in [0.2, 0.25) is 0 Å². The van der Waals surface area contributed by atoms with Gasteiger partial charge in [0.15, 0.2) is 0 Å². The first-order valence-corrected chi connectivity index (χ1v) is 19.6. The molecule has 0 aliphatic carbocycles. The summed E-state index contributed by atoms with van der Waals surface area (Å²) >= 11 is 0. The molecular weight excluding hydrogens is 564 g/mol. The predicted octanol–water partition coefficient (Wildman–Crippen LogP) is 12.4. The average molecular weight is 639 g/mol. The van der Waals surface area contributed by atoms with Gasteiger partial charge in [-0.25, -0.2) is 0 Å². The molecule has 0 aromatic heterocycles. The maximum absolute atomic E-state index is 12.5. The number of esters is 2. The van der Waals surface area contributed by atoms with Crippen molar-refractivity contribution < 1.29 is 29.0 Å². The molecule has 6 nitrogen and oxygen atoms in total. The van der Waals surface area contributed by atoms with E-state index in [0.29, 0.717) is 38.5 Å². The highest BCUT2D eigenvalue weighted by Crippen LogP contribution is 2.17. The second kappa shape index (κ2) is 35.3. The zero-order chi connectivity index (χ0) is 33.1. The number of ether oxygens (including phenoxy) is 2. The first kappa shape index (κ1) is 43.4. The fourth-order valence-electron chi connectivity index (χ4n) is 5.89.